The Morgan fingerprint density at radius 1 is 1.17 bits per heavy atom. The summed E-state index contributed by atoms with van der Waals surface area (Å²) in [6, 6.07) is 9.29. The third-order valence-corrected chi connectivity index (χ3v) is 8.70. The molecule has 0 spiro atoms. The predicted molar refractivity (Wildman–Crippen MR) is 142 cm³/mol. The molecule has 12 heteroatoms. The molecule has 0 bridgehead atoms. The minimum absolute atomic E-state index is 0.0294. The summed E-state index contributed by atoms with van der Waals surface area (Å²) in [6.45, 7) is 6.97. The van der Waals surface area contributed by atoms with Gasteiger partial charge in [0.2, 0.25) is 0 Å². The Labute approximate surface area is 244 Å². The van der Waals surface area contributed by atoms with Gasteiger partial charge in [0.15, 0.2) is 6.29 Å². The SMILES string of the molecule is CC[C@@H](C)[C@@H](OC(C)=O)C1O[C@@](OC2[C@@H]3OC(c4ccccc4)OCC3O[C@H](C)[C@H]2O)(C(=O)OC)C[C@H]2OC(=O)C[C@@H]12. The highest BCUT2D eigenvalue weighted by molar-refractivity contribution is 5.79. The molecule has 0 amide bonds. The molecular formula is C30H40O12. The van der Waals surface area contributed by atoms with Gasteiger partial charge in [0, 0.05) is 18.4 Å². The smallest absolute Gasteiger partial charge is 0.366 e. The summed E-state index contributed by atoms with van der Waals surface area (Å²) in [5.41, 5.74) is 0.762. The predicted octanol–water partition coefficient (Wildman–Crippen LogP) is 2.20. The summed E-state index contributed by atoms with van der Waals surface area (Å²) in [4.78, 5) is 38.2. The molecule has 12 atom stereocenters. The number of carbonyl (C=O) groups excluding carboxylic acids is 3. The van der Waals surface area contributed by atoms with Crippen molar-refractivity contribution in [2.45, 2.75) is 108 Å². The van der Waals surface area contributed by atoms with Crippen molar-refractivity contribution >= 4 is 17.9 Å². The first-order valence-corrected chi connectivity index (χ1v) is 14.5. The average molecular weight is 593 g/mol. The molecule has 4 saturated heterocycles. The molecule has 12 nitrogen and oxygen atoms in total. The Bertz CT molecular complexity index is 1130. The van der Waals surface area contributed by atoms with Crippen molar-refractivity contribution in [3.8, 4) is 0 Å². The Hall–Kier alpha value is -2.61. The molecule has 1 N–H and O–H groups in total. The van der Waals surface area contributed by atoms with Crippen LogP contribution in [0.5, 0.6) is 0 Å². The first-order chi connectivity index (χ1) is 20.1. The number of esters is 3. The van der Waals surface area contributed by atoms with Crippen LogP contribution in [0.25, 0.3) is 0 Å². The quantitative estimate of drug-likeness (QED) is 0.349. The van der Waals surface area contributed by atoms with Crippen LogP contribution in [0.4, 0.5) is 0 Å². The van der Waals surface area contributed by atoms with Crippen molar-refractivity contribution in [1.29, 1.82) is 0 Å². The van der Waals surface area contributed by atoms with Crippen molar-refractivity contribution in [3.63, 3.8) is 0 Å². The molecule has 0 aromatic heterocycles. The van der Waals surface area contributed by atoms with E-state index in [2.05, 4.69) is 0 Å². The zero-order chi connectivity index (χ0) is 30.2. The van der Waals surface area contributed by atoms with E-state index < -0.39 is 84.7 Å². The number of fused-ring (bicyclic) bond motifs is 2. The van der Waals surface area contributed by atoms with Crippen LogP contribution in [-0.4, -0.2) is 91.3 Å². The largest absolute Gasteiger partial charge is 0.465 e. The third kappa shape index (κ3) is 5.93. The second kappa shape index (κ2) is 12.6. The van der Waals surface area contributed by atoms with Crippen LogP contribution in [0.3, 0.4) is 0 Å². The summed E-state index contributed by atoms with van der Waals surface area (Å²) >= 11 is 0. The molecule has 1 aromatic rings. The van der Waals surface area contributed by atoms with Crippen molar-refractivity contribution < 1.29 is 57.4 Å². The Morgan fingerprint density at radius 2 is 1.90 bits per heavy atom. The highest BCUT2D eigenvalue weighted by atomic mass is 16.8. The van der Waals surface area contributed by atoms with Crippen molar-refractivity contribution in [1.82, 2.24) is 0 Å². The summed E-state index contributed by atoms with van der Waals surface area (Å²) in [5.74, 6) is -4.66. The number of aliphatic hydroxyl groups is 1. The van der Waals surface area contributed by atoms with E-state index in [1.165, 1.54) is 14.0 Å². The van der Waals surface area contributed by atoms with Gasteiger partial charge in [0.1, 0.15) is 42.7 Å². The number of aliphatic hydroxyl groups excluding tert-OH is 1. The van der Waals surface area contributed by atoms with Gasteiger partial charge in [0.05, 0.1) is 32.7 Å². The number of hydrogen-bond acceptors (Lipinski definition) is 12. The van der Waals surface area contributed by atoms with Gasteiger partial charge in [-0.3, -0.25) is 9.59 Å². The van der Waals surface area contributed by atoms with Gasteiger partial charge in [-0.1, -0.05) is 44.2 Å². The fraction of sp³-hybridized carbons (Fsp3) is 0.700. The lowest BCUT2D eigenvalue weighted by Gasteiger charge is -2.51. The fourth-order valence-corrected chi connectivity index (χ4v) is 6.33. The standard InChI is InChI=1S/C30H40O12/c1-6-15(2)24(38-17(4)31)25-19-12-22(32)39-20(19)13-30(41-25,29(34)35-5)42-27-23(33)16(3)37-21-14-36-28(40-26(21)27)18-10-8-7-9-11-18/h7-11,15-16,19-21,23-28,33H,6,12-14H2,1-5H3/t15-,16-,19-,20-,21?,23-,24-,25?,26-,27?,28?,30+/m1/s1. The lowest BCUT2D eigenvalue weighted by Crippen LogP contribution is -2.67. The van der Waals surface area contributed by atoms with Crippen molar-refractivity contribution in [2.75, 3.05) is 13.7 Å². The second-order valence-corrected chi connectivity index (χ2v) is 11.5. The molecule has 0 radical (unpaired) electrons. The first-order valence-electron chi connectivity index (χ1n) is 14.5. The van der Waals surface area contributed by atoms with Crippen LogP contribution in [0.1, 0.15) is 58.8 Å². The second-order valence-electron chi connectivity index (χ2n) is 11.5. The molecular weight excluding hydrogens is 552 g/mol. The van der Waals surface area contributed by atoms with E-state index in [1.54, 1.807) is 6.92 Å². The van der Waals surface area contributed by atoms with Gasteiger partial charge in [-0.15, -0.1) is 0 Å². The molecule has 42 heavy (non-hydrogen) atoms. The number of carbonyl (C=O) groups is 3. The molecule has 4 unspecified atom stereocenters. The highest BCUT2D eigenvalue weighted by Crippen LogP contribution is 2.46. The summed E-state index contributed by atoms with van der Waals surface area (Å²) in [6.07, 6.45) is -7.36. The maximum absolute atomic E-state index is 13.6. The van der Waals surface area contributed by atoms with Gasteiger partial charge < -0.3 is 43.0 Å². The number of benzene rings is 1. The molecule has 232 valence electrons. The summed E-state index contributed by atoms with van der Waals surface area (Å²) in [5, 5.41) is 11.3. The van der Waals surface area contributed by atoms with Crippen LogP contribution in [0.15, 0.2) is 30.3 Å². The normalized spacial score (nSPS) is 39.3. The monoisotopic (exact) mass is 592 g/mol. The van der Waals surface area contributed by atoms with E-state index in [0.717, 1.165) is 5.56 Å². The topological polar surface area (TPSA) is 145 Å². The Balaban J connectivity index is 1.51. The lowest BCUT2D eigenvalue weighted by molar-refractivity contribution is -0.380. The van der Waals surface area contributed by atoms with Gasteiger partial charge >= 0.3 is 17.9 Å². The maximum atomic E-state index is 13.6. The molecule has 1 aromatic carbocycles. The maximum Gasteiger partial charge on any atom is 0.366 e. The van der Waals surface area contributed by atoms with E-state index in [0.29, 0.717) is 6.42 Å². The van der Waals surface area contributed by atoms with Gasteiger partial charge in [-0.25, -0.2) is 4.79 Å². The van der Waals surface area contributed by atoms with E-state index in [9.17, 15) is 19.5 Å². The minimum atomic E-state index is -2.12. The average Bonchev–Trinajstić information content (AvgIpc) is 3.36. The minimum Gasteiger partial charge on any atom is -0.465 e. The Morgan fingerprint density at radius 3 is 2.57 bits per heavy atom. The van der Waals surface area contributed by atoms with Crippen LogP contribution in [0.2, 0.25) is 0 Å². The molecule has 0 saturated carbocycles. The number of methoxy groups -OCH3 is 1. The van der Waals surface area contributed by atoms with Crippen LogP contribution >= 0.6 is 0 Å². The van der Waals surface area contributed by atoms with Crippen molar-refractivity contribution in [3.05, 3.63) is 35.9 Å². The third-order valence-electron chi connectivity index (χ3n) is 8.70. The summed E-state index contributed by atoms with van der Waals surface area (Å²) in [7, 11) is 1.19. The Kier molecular flexibility index (Phi) is 9.22. The van der Waals surface area contributed by atoms with E-state index >= 15 is 0 Å². The molecule has 0 aliphatic carbocycles. The number of hydrogen-bond donors (Lipinski definition) is 1. The molecule has 4 aliphatic rings. The zero-order valence-electron chi connectivity index (χ0n) is 24.5. The fourth-order valence-electron chi connectivity index (χ4n) is 6.33. The van der Waals surface area contributed by atoms with Crippen molar-refractivity contribution in [2.24, 2.45) is 11.8 Å². The van der Waals surface area contributed by atoms with Crippen LogP contribution in [0, 0.1) is 11.8 Å². The number of rotatable bonds is 8. The van der Waals surface area contributed by atoms with E-state index in [1.807, 2.05) is 44.2 Å². The van der Waals surface area contributed by atoms with Gasteiger partial charge in [-0.2, -0.15) is 0 Å². The number of ether oxygens (including phenoxy) is 8. The molecule has 4 fully saturated rings. The lowest BCUT2D eigenvalue weighted by atomic mass is 9.80. The van der Waals surface area contributed by atoms with Crippen LogP contribution < -0.4 is 0 Å². The summed E-state index contributed by atoms with van der Waals surface area (Å²) < 4.78 is 47.8. The first kappa shape index (κ1) is 30.8. The van der Waals surface area contributed by atoms with E-state index in [-0.39, 0.29) is 25.4 Å². The molecule has 4 aliphatic heterocycles. The molecule has 5 rings (SSSR count). The van der Waals surface area contributed by atoms with E-state index in [4.69, 9.17) is 37.9 Å². The van der Waals surface area contributed by atoms with Gasteiger partial charge in [-0.05, 0) is 19.3 Å². The van der Waals surface area contributed by atoms with Gasteiger partial charge in [0.25, 0.3) is 5.79 Å². The highest BCUT2D eigenvalue weighted by Gasteiger charge is 2.63. The zero-order valence-corrected chi connectivity index (χ0v) is 24.5. The van der Waals surface area contributed by atoms with Crippen LogP contribution in [-0.2, 0) is 52.3 Å². The molecule has 4 heterocycles.